The third-order valence-corrected chi connectivity index (χ3v) is 2.60. The first-order valence-electron chi connectivity index (χ1n) is 5.61. The van der Waals surface area contributed by atoms with Crippen LogP contribution in [0.2, 0.25) is 0 Å². The smallest absolute Gasteiger partial charge is 0.326 e. The van der Waals surface area contributed by atoms with Crippen LogP contribution in [-0.4, -0.2) is 64.8 Å². The first-order chi connectivity index (χ1) is 8.41. The summed E-state index contributed by atoms with van der Waals surface area (Å²) in [4.78, 5) is 34.2. The normalized spacial score (nSPS) is 22.7. The van der Waals surface area contributed by atoms with E-state index < -0.39 is 24.1 Å². The lowest BCUT2D eigenvalue weighted by Gasteiger charge is -2.21. The molecule has 1 fully saturated rings. The Hall–Kier alpha value is -1.83. The van der Waals surface area contributed by atoms with Gasteiger partial charge in [-0.15, -0.1) is 0 Å². The number of carbonyl (C=O) groups is 3. The Balaban J connectivity index is 2.40. The van der Waals surface area contributed by atoms with Crippen molar-refractivity contribution >= 4 is 17.9 Å². The number of hydrogen-bond acceptors (Lipinski definition) is 4. The lowest BCUT2D eigenvalue weighted by Crippen LogP contribution is -2.47. The van der Waals surface area contributed by atoms with Crippen LogP contribution in [0.1, 0.15) is 13.3 Å². The molecule has 0 bridgehead atoms. The van der Waals surface area contributed by atoms with Gasteiger partial charge >= 0.3 is 12.0 Å². The molecule has 2 unspecified atom stereocenters. The quantitative estimate of drug-likeness (QED) is 0.451. The first kappa shape index (κ1) is 14.2. The topological polar surface area (TPSA) is 119 Å². The van der Waals surface area contributed by atoms with Crippen molar-refractivity contribution in [2.24, 2.45) is 0 Å². The number of aliphatic carboxylic acids is 1. The molecule has 0 aliphatic carbocycles. The van der Waals surface area contributed by atoms with Crippen molar-refractivity contribution in [3.63, 3.8) is 0 Å². The van der Waals surface area contributed by atoms with Gasteiger partial charge in [-0.1, -0.05) is 0 Å². The number of amides is 3. The van der Waals surface area contributed by atoms with Crippen molar-refractivity contribution in [3.8, 4) is 0 Å². The minimum absolute atomic E-state index is 0.00291. The van der Waals surface area contributed by atoms with Crippen LogP contribution in [0.5, 0.6) is 0 Å². The number of rotatable bonds is 4. The molecule has 8 nitrogen and oxygen atoms in total. The number of carboxylic acid groups (broad SMARTS) is 1. The number of urea groups is 1. The van der Waals surface area contributed by atoms with Gasteiger partial charge in [0.2, 0.25) is 5.91 Å². The zero-order valence-corrected chi connectivity index (χ0v) is 10.0. The zero-order chi connectivity index (χ0) is 13.7. The molecule has 0 radical (unpaired) electrons. The van der Waals surface area contributed by atoms with Crippen LogP contribution in [0.3, 0.4) is 0 Å². The Morgan fingerprint density at radius 1 is 1.28 bits per heavy atom. The summed E-state index contributed by atoms with van der Waals surface area (Å²) in [7, 11) is 0. The lowest BCUT2D eigenvalue weighted by molar-refractivity contribution is -0.141. The Labute approximate surface area is 104 Å². The second-order valence-corrected chi connectivity index (χ2v) is 4.11. The lowest BCUT2D eigenvalue weighted by atomic mass is 10.2. The molecule has 0 saturated carbocycles. The summed E-state index contributed by atoms with van der Waals surface area (Å²) in [5, 5.41) is 23.3. The fourth-order valence-corrected chi connectivity index (χ4v) is 1.78. The third-order valence-electron chi connectivity index (χ3n) is 2.60. The minimum atomic E-state index is -1.14. The Bertz CT molecular complexity index is 346. The van der Waals surface area contributed by atoms with Crippen LogP contribution < -0.4 is 10.6 Å². The molecule has 1 heterocycles. The average molecular weight is 259 g/mol. The molecule has 1 aliphatic rings. The van der Waals surface area contributed by atoms with Crippen molar-refractivity contribution < 1.29 is 24.6 Å². The monoisotopic (exact) mass is 259 g/mol. The molecule has 18 heavy (non-hydrogen) atoms. The van der Waals surface area contributed by atoms with Gasteiger partial charge in [0, 0.05) is 33.0 Å². The molecule has 0 spiro atoms. The number of likely N-dealkylation sites (tertiary alicyclic amines) is 1. The number of carboxylic acids is 1. The van der Waals surface area contributed by atoms with Gasteiger partial charge < -0.3 is 25.7 Å². The molecule has 0 aromatic heterocycles. The third kappa shape index (κ3) is 3.88. The highest BCUT2D eigenvalue weighted by Crippen LogP contribution is 2.17. The van der Waals surface area contributed by atoms with E-state index in [1.807, 2.05) is 0 Å². The SMILES string of the molecule is CC(=O)NCCNC(=O)N1CC(O)CC1C(=O)O. The Morgan fingerprint density at radius 3 is 2.44 bits per heavy atom. The minimum Gasteiger partial charge on any atom is -0.480 e. The summed E-state index contributed by atoms with van der Waals surface area (Å²) in [6.45, 7) is 1.84. The fraction of sp³-hybridized carbons (Fsp3) is 0.700. The summed E-state index contributed by atoms with van der Waals surface area (Å²) in [5.41, 5.74) is 0. The molecule has 0 aromatic rings. The largest absolute Gasteiger partial charge is 0.480 e. The van der Waals surface area contributed by atoms with E-state index in [1.165, 1.54) is 6.92 Å². The van der Waals surface area contributed by atoms with Crippen molar-refractivity contribution in [2.75, 3.05) is 19.6 Å². The highest BCUT2D eigenvalue weighted by atomic mass is 16.4. The van der Waals surface area contributed by atoms with Gasteiger partial charge in [-0.2, -0.15) is 0 Å². The second-order valence-electron chi connectivity index (χ2n) is 4.11. The molecule has 102 valence electrons. The average Bonchev–Trinajstić information content (AvgIpc) is 2.66. The number of nitrogens with one attached hydrogen (secondary N) is 2. The van der Waals surface area contributed by atoms with E-state index in [9.17, 15) is 19.5 Å². The van der Waals surface area contributed by atoms with E-state index in [2.05, 4.69) is 10.6 Å². The van der Waals surface area contributed by atoms with Crippen LogP contribution >= 0.6 is 0 Å². The van der Waals surface area contributed by atoms with Crippen LogP contribution in [0, 0.1) is 0 Å². The summed E-state index contributed by atoms with van der Waals surface area (Å²) in [6, 6.07) is -1.55. The van der Waals surface area contributed by atoms with Gasteiger partial charge in [0.05, 0.1) is 6.10 Å². The maximum absolute atomic E-state index is 11.7. The molecule has 0 aromatic carbocycles. The first-order valence-corrected chi connectivity index (χ1v) is 5.61. The van der Waals surface area contributed by atoms with E-state index in [4.69, 9.17) is 5.11 Å². The van der Waals surface area contributed by atoms with Crippen molar-refractivity contribution in [3.05, 3.63) is 0 Å². The molecule has 1 rings (SSSR count). The molecule has 1 saturated heterocycles. The van der Waals surface area contributed by atoms with Gasteiger partial charge in [0.1, 0.15) is 6.04 Å². The second kappa shape index (κ2) is 6.20. The molecule has 2 atom stereocenters. The van der Waals surface area contributed by atoms with E-state index in [-0.39, 0.29) is 32.0 Å². The highest BCUT2D eigenvalue weighted by molar-refractivity contribution is 5.83. The van der Waals surface area contributed by atoms with Crippen molar-refractivity contribution in [1.29, 1.82) is 0 Å². The number of aliphatic hydroxyl groups is 1. The summed E-state index contributed by atoms with van der Waals surface area (Å²) < 4.78 is 0. The molecular formula is C10H17N3O5. The fourth-order valence-electron chi connectivity index (χ4n) is 1.78. The maximum Gasteiger partial charge on any atom is 0.326 e. The molecule has 3 amide bonds. The number of aliphatic hydroxyl groups excluding tert-OH is 1. The van der Waals surface area contributed by atoms with E-state index in [0.29, 0.717) is 0 Å². The maximum atomic E-state index is 11.7. The van der Waals surface area contributed by atoms with Crippen molar-refractivity contribution in [2.45, 2.75) is 25.5 Å². The summed E-state index contributed by atoms with van der Waals surface area (Å²) in [6.07, 6.45) is -0.777. The Morgan fingerprint density at radius 2 is 1.89 bits per heavy atom. The summed E-state index contributed by atoms with van der Waals surface area (Å²) >= 11 is 0. The number of nitrogens with zero attached hydrogens (tertiary/aromatic N) is 1. The molecule has 1 aliphatic heterocycles. The van der Waals surface area contributed by atoms with Crippen molar-refractivity contribution in [1.82, 2.24) is 15.5 Å². The predicted molar refractivity (Wildman–Crippen MR) is 60.8 cm³/mol. The number of carbonyl (C=O) groups excluding carboxylic acids is 2. The van der Waals surface area contributed by atoms with Crippen LogP contribution in [0.25, 0.3) is 0 Å². The van der Waals surface area contributed by atoms with Gasteiger partial charge in [0.25, 0.3) is 0 Å². The summed E-state index contributed by atoms with van der Waals surface area (Å²) in [5.74, 6) is -1.34. The van der Waals surface area contributed by atoms with E-state index in [1.54, 1.807) is 0 Å². The van der Waals surface area contributed by atoms with Crippen LogP contribution in [-0.2, 0) is 9.59 Å². The van der Waals surface area contributed by atoms with Gasteiger partial charge in [-0.25, -0.2) is 9.59 Å². The number of hydrogen-bond donors (Lipinski definition) is 4. The zero-order valence-electron chi connectivity index (χ0n) is 10.0. The van der Waals surface area contributed by atoms with Crippen LogP contribution in [0.15, 0.2) is 0 Å². The predicted octanol–water partition coefficient (Wildman–Crippen LogP) is -1.65. The highest BCUT2D eigenvalue weighted by Gasteiger charge is 2.38. The number of β-amino-alcohol motifs (C(OH)–C–C–N with tert-alkyl or cyclic N) is 1. The standard InChI is InChI=1S/C10H17N3O5/c1-6(14)11-2-3-12-10(18)13-5-7(15)4-8(13)9(16)17/h7-8,15H,2-5H2,1H3,(H,11,14)(H,12,18)(H,16,17). The van der Waals surface area contributed by atoms with Gasteiger partial charge in [-0.05, 0) is 0 Å². The molecular weight excluding hydrogens is 242 g/mol. The molecule has 8 heteroatoms. The molecule has 4 N–H and O–H groups in total. The van der Waals surface area contributed by atoms with Crippen LogP contribution in [0.4, 0.5) is 4.79 Å². The van der Waals surface area contributed by atoms with Gasteiger partial charge in [-0.3, -0.25) is 4.79 Å². The van der Waals surface area contributed by atoms with Gasteiger partial charge in [0.15, 0.2) is 0 Å². The van der Waals surface area contributed by atoms with E-state index >= 15 is 0 Å². The van der Waals surface area contributed by atoms with E-state index in [0.717, 1.165) is 4.90 Å². The Kier molecular flexibility index (Phi) is 4.90.